The number of fused-ring (bicyclic) bond motifs is 1. The van der Waals surface area contributed by atoms with Crippen molar-refractivity contribution < 1.29 is 0 Å². The highest BCUT2D eigenvalue weighted by Crippen LogP contribution is 2.14. The van der Waals surface area contributed by atoms with E-state index in [0.717, 1.165) is 5.56 Å². The quantitative estimate of drug-likeness (QED) is 0.752. The molecule has 7 heteroatoms. The van der Waals surface area contributed by atoms with Crippen LogP contribution >= 0.6 is 11.6 Å². The summed E-state index contributed by atoms with van der Waals surface area (Å²) in [6, 6.07) is 9.67. The number of nitrogens with zero attached hydrogens (tertiary/aromatic N) is 4. The molecule has 0 radical (unpaired) electrons. The number of aromatic amines is 1. The topological polar surface area (TPSA) is 76.5 Å². The van der Waals surface area contributed by atoms with Crippen molar-refractivity contribution in [1.29, 1.82) is 0 Å². The van der Waals surface area contributed by atoms with Gasteiger partial charge in [-0.1, -0.05) is 47.1 Å². The Balaban J connectivity index is 2.14. The van der Waals surface area contributed by atoms with Crippen molar-refractivity contribution in [2.75, 3.05) is 0 Å². The lowest BCUT2D eigenvalue weighted by Crippen LogP contribution is -2.14. The minimum atomic E-state index is -0.352. The largest absolute Gasteiger partial charge is 0.292 e. The summed E-state index contributed by atoms with van der Waals surface area (Å²) in [5, 5.41) is 13.9. The second-order valence-corrected chi connectivity index (χ2v) is 4.13. The first-order valence-electron chi connectivity index (χ1n) is 5.27. The summed E-state index contributed by atoms with van der Waals surface area (Å²) in [5.74, 6) is 0. The molecule has 0 saturated heterocycles. The van der Waals surface area contributed by atoms with E-state index in [1.165, 1.54) is 4.68 Å². The molecule has 3 rings (SSSR count). The molecule has 90 valence electrons. The van der Waals surface area contributed by atoms with Gasteiger partial charge in [0.2, 0.25) is 0 Å². The molecule has 0 fully saturated rings. The molecule has 6 nitrogen and oxygen atoms in total. The van der Waals surface area contributed by atoms with Gasteiger partial charge >= 0.3 is 0 Å². The van der Waals surface area contributed by atoms with E-state index < -0.39 is 0 Å². The zero-order valence-corrected chi connectivity index (χ0v) is 9.92. The third-order valence-electron chi connectivity index (χ3n) is 2.58. The number of nitrogens with one attached hydrogen (secondary N) is 1. The standard InChI is InChI=1S/C11H8ClN5O/c12-10-8-9(11(18)15-14-10)17(16-13-8)6-7-4-2-1-3-5-7/h1-5H,6H2,(H,15,18). The smallest absolute Gasteiger partial charge is 0.265 e. The van der Waals surface area contributed by atoms with E-state index in [1.807, 2.05) is 30.3 Å². The Morgan fingerprint density at radius 3 is 2.83 bits per heavy atom. The van der Waals surface area contributed by atoms with Gasteiger partial charge in [-0.2, -0.15) is 5.10 Å². The molecule has 2 heterocycles. The minimum Gasteiger partial charge on any atom is -0.265 e. The summed E-state index contributed by atoms with van der Waals surface area (Å²) in [5.41, 5.74) is 1.32. The van der Waals surface area contributed by atoms with Crippen molar-refractivity contribution in [2.45, 2.75) is 6.54 Å². The molecule has 3 aromatic rings. The third kappa shape index (κ3) is 1.76. The number of rotatable bonds is 2. The van der Waals surface area contributed by atoms with E-state index in [9.17, 15) is 4.79 Å². The van der Waals surface area contributed by atoms with Crippen LogP contribution in [0.25, 0.3) is 11.0 Å². The summed E-state index contributed by atoms with van der Waals surface area (Å²) in [6.45, 7) is 0.459. The normalized spacial score (nSPS) is 10.9. The third-order valence-corrected chi connectivity index (χ3v) is 2.84. The summed E-state index contributed by atoms with van der Waals surface area (Å²) >= 11 is 5.85. The van der Waals surface area contributed by atoms with Crippen molar-refractivity contribution in [2.24, 2.45) is 0 Å². The molecule has 0 saturated carbocycles. The Labute approximate surface area is 106 Å². The summed E-state index contributed by atoms with van der Waals surface area (Å²) in [6.07, 6.45) is 0. The van der Waals surface area contributed by atoms with Crippen LogP contribution in [0.3, 0.4) is 0 Å². The molecule has 0 atom stereocenters. The fraction of sp³-hybridized carbons (Fsp3) is 0.0909. The second kappa shape index (κ2) is 4.23. The molecule has 1 aromatic carbocycles. The first-order valence-corrected chi connectivity index (χ1v) is 5.65. The van der Waals surface area contributed by atoms with Crippen LogP contribution in [-0.4, -0.2) is 25.2 Å². The molecule has 0 aliphatic rings. The van der Waals surface area contributed by atoms with Crippen LogP contribution in [0.15, 0.2) is 35.1 Å². The Hall–Kier alpha value is -2.21. The van der Waals surface area contributed by atoms with Gasteiger partial charge in [-0.3, -0.25) is 4.79 Å². The number of hydrogen-bond acceptors (Lipinski definition) is 4. The molecule has 0 spiro atoms. The van der Waals surface area contributed by atoms with E-state index in [0.29, 0.717) is 17.6 Å². The van der Waals surface area contributed by atoms with Crippen molar-refractivity contribution in [3.05, 3.63) is 51.4 Å². The highest BCUT2D eigenvalue weighted by atomic mass is 35.5. The van der Waals surface area contributed by atoms with Crippen LogP contribution in [0.2, 0.25) is 5.15 Å². The predicted molar refractivity (Wildman–Crippen MR) is 66.5 cm³/mol. The van der Waals surface area contributed by atoms with Crippen LogP contribution < -0.4 is 5.56 Å². The Morgan fingerprint density at radius 1 is 1.28 bits per heavy atom. The zero-order chi connectivity index (χ0) is 12.5. The maximum Gasteiger partial charge on any atom is 0.292 e. The number of benzene rings is 1. The molecular weight excluding hydrogens is 254 g/mol. The monoisotopic (exact) mass is 261 g/mol. The molecular formula is C11H8ClN5O. The maximum atomic E-state index is 11.7. The molecule has 0 amide bonds. The Bertz CT molecular complexity index is 749. The van der Waals surface area contributed by atoms with E-state index in [-0.39, 0.29) is 10.7 Å². The molecule has 0 aliphatic heterocycles. The van der Waals surface area contributed by atoms with Crippen molar-refractivity contribution in [1.82, 2.24) is 25.2 Å². The van der Waals surface area contributed by atoms with E-state index in [2.05, 4.69) is 20.5 Å². The zero-order valence-electron chi connectivity index (χ0n) is 9.17. The average Bonchev–Trinajstić information content (AvgIpc) is 2.80. The SMILES string of the molecule is O=c1[nH]nc(Cl)c2nnn(Cc3ccccc3)c12. The van der Waals surface area contributed by atoms with E-state index in [1.54, 1.807) is 0 Å². The molecule has 0 bridgehead atoms. The number of halogens is 1. The van der Waals surface area contributed by atoms with Gasteiger partial charge in [0.1, 0.15) is 0 Å². The highest BCUT2D eigenvalue weighted by Gasteiger charge is 2.13. The van der Waals surface area contributed by atoms with E-state index >= 15 is 0 Å². The first kappa shape index (κ1) is 10.9. The van der Waals surface area contributed by atoms with Gasteiger partial charge < -0.3 is 0 Å². The molecule has 18 heavy (non-hydrogen) atoms. The molecule has 0 aliphatic carbocycles. The lowest BCUT2D eigenvalue weighted by molar-refractivity contribution is 0.667. The van der Waals surface area contributed by atoms with Crippen LogP contribution in [0.4, 0.5) is 0 Å². The highest BCUT2D eigenvalue weighted by molar-refractivity contribution is 6.33. The fourth-order valence-corrected chi connectivity index (χ4v) is 1.92. The Kier molecular flexibility index (Phi) is 2.56. The summed E-state index contributed by atoms with van der Waals surface area (Å²) in [4.78, 5) is 11.7. The Morgan fingerprint density at radius 2 is 2.06 bits per heavy atom. The summed E-state index contributed by atoms with van der Waals surface area (Å²) < 4.78 is 1.51. The van der Waals surface area contributed by atoms with Crippen LogP contribution in [0.5, 0.6) is 0 Å². The van der Waals surface area contributed by atoms with Crippen LogP contribution in [0.1, 0.15) is 5.56 Å². The predicted octanol–water partition coefficient (Wildman–Crippen LogP) is 1.22. The van der Waals surface area contributed by atoms with Gasteiger partial charge in [0.25, 0.3) is 5.56 Å². The van der Waals surface area contributed by atoms with Crippen molar-refractivity contribution in [3.8, 4) is 0 Å². The number of H-pyrrole nitrogens is 1. The van der Waals surface area contributed by atoms with Gasteiger partial charge in [0.15, 0.2) is 16.2 Å². The van der Waals surface area contributed by atoms with Gasteiger partial charge in [-0.15, -0.1) is 5.10 Å². The second-order valence-electron chi connectivity index (χ2n) is 3.77. The van der Waals surface area contributed by atoms with Crippen LogP contribution in [0, 0.1) is 0 Å². The van der Waals surface area contributed by atoms with Crippen molar-refractivity contribution >= 4 is 22.6 Å². The minimum absolute atomic E-state index is 0.143. The van der Waals surface area contributed by atoms with Crippen LogP contribution in [-0.2, 0) is 6.54 Å². The lowest BCUT2D eigenvalue weighted by Gasteiger charge is -2.01. The van der Waals surface area contributed by atoms with Gasteiger partial charge in [0.05, 0.1) is 6.54 Å². The fourth-order valence-electron chi connectivity index (χ4n) is 1.75. The van der Waals surface area contributed by atoms with E-state index in [4.69, 9.17) is 11.6 Å². The first-order chi connectivity index (χ1) is 8.75. The van der Waals surface area contributed by atoms with Crippen molar-refractivity contribution in [3.63, 3.8) is 0 Å². The maximum absolute atomic E-state index is 11.7. The lowest BCUT2D eigenvalue weighted by atomic mass is 10.2. The average molecular weight is 262 g/mol. The molecule has 1 N–H and O–H groups in total. The van der Waals surface area contributed by atoms with Gasteiger partial charge in [-0.05, 0) is 5.56 Å². The number of aromatic nitrogens is 5. The molecule has 0 unspecified atom stereocenters. The van der Waals surface area contributed by atoms with Gasteiger partial charge in [0, 0.05) is 0 Å². The van der Waals surface area contributed by atoms with Gasteiger partial charge in [-0.25, -0.2) is 9.78 Å². The number of hydrogen-bond donors (Lipinski definition) is 1. The molecule has 2 aromatic heterocycles. The summed E-state index contributed by atoms with van der Waals surface area (Å²) in [7, 11) is 0.